The number of rotatable bonds is 1. The lowest BCUT2D eigenvalue weighted by Crippen LogP contribution is -2.20. The van der Waals surface area contributed by atoms with Gasteiger partial charge in [0.1, 0.15) is 13.8 Å². The third kappa shape index (κ3) is 1.78. The molecule has 0 radical (unpaired) electrons. The van der Waals surface area contributed by atoms with E-state index in [1.165, 1.54) is 32.1 Å². The molecule has 2 unspecified atom stereocenters. The Labute approximate surface area is 80.6 Å². The quantitative estimate of drug-likeness (QED) is 0.444. The maximum atomic E-state index is 5.54. The van der Waals surface area contributed by atoms with E-state index in [1.54, 1.807) is 0 Å². The standard InChI is InChI=1S/C11H20NO/c1-12(2)10-9-11(10)5-3-4-7-13-8-6-11/h10H,1,3-9H2,2H3/q+1. The molecule has 1 spiro atoms. The molecule has 2 fully saturated rings. The van der Waals surface area contributed by atoms with E-state index in [0.29, 0.717) is 5.41 Å². The lowest BCUT2D eigenvalue weighted by Gasteiger charge is -2.18. The average molecular weight is 182 g/mol. The molecular weight excluding hydrogens is 162 g/mol. The van der Waals surface area contributed by atoms with Crippen LogP contribution in [0.3, 0.4) is 0 Å². The Morgan fingerprint density at radius 3 is 2.85 bits per heavy atom. The first-order valence-electron chi connectivity index (χ1n) is 5.36. The van der Waals surface area contributed by atoms with Gasteiger partial charge in [0.15, 0.2) is 6.04 Å². The highest BCUT2D eigenvalue weighted by Gasteiger charge is 2.59. The van der Waals surface area contributed by atoms with Crippen LogP contribution in [-0.2, 0) is 4.74 Å². The average Bonchev–Trinajstić information content (AvgIpc) is 2.73. The van der Waals surface area contributed by atoms with Crippen molar-refractivity contribution < 1.29 is 9.31 Å². The van der Waals surface area contributed by atoms with Crippen LogP contribution in [0.2, 0.25) is 0 Å². The summed E-state index contributed by atoms with van der Waals surface area (Å²) in [5.41, 5.74) is 0.580. The van der Waals surface area contributed by atoms with Crippen LogP contribution in [0.4, 0.5) is 0 Å². The van der Waals surface area contributed by atoms with Crippen LogP contribution in [0, 0.1) is 5.41 Å². The highest BCUT2D eigenvalue weighted by atomic mass is 16.5. The Hall–Kier alpha value is -0.370. The molecule has 0 bridgehead atoms. The molecule has 1 heterocycles. The largest absolute Gasteiger partial charge is 0.381 e. The summed E-state index contributed by atoms with van der Waals surface area (Å²) in [5.74, 6) is 0. The summed E-state index contributed by atoms with van der Waals surface area (Å²) in [6.07, 6.45) is 6.56. The molecule has 0 aromatic heterocycles. The second kappa shape index (κ2) is 3.41. The summed E-state index contributed by atoms with van der Waals surface area (Å²) in [6.45, 7) is 5.93. The molecule has 1 saturated heterocycles. The molecule has 0 aromatic rings. The molecule has 2 heteroatoms. The smallest absolute Gasteiger partial charge is 0.158 e. The molecule has 2 nitrogen and oxygen atoms in total. The number of ether oxygens (including phenoxy) is 1. The van der Waals surface area contributed by atoms with Gasteiger partial charge in [-0.05, 0) is 19.3 Å². The van der Waals surface area contributed by atoms with Gasteiger partial charge in [0.25, 0.3) is 0 Å². The molecule has 1 saturated carbocycles. The summed E-state index contributed by atoms with van der Waals surface area (Å²) < 4.78 is 7.68. The van der Waals surface area contributed by atoms with Crippen LogP contribution in [0.15, 0.2) is 0 Å². The zero-order valence-electron chi connectivity index (χ0n) is 8.59. The Morgan fingerprint density at radius 1 is 1.31 bits per heavy atom. The van der Waals surface area contributed by atoms with Crippen LogP contribution < -0.4 is 0 Å². The fourth-order valence-electron chi connectivity index (χ4n) is 2.67. The molecule has 1 aliphatic carbocycles. The van der Waals surface area contributed by atoms with Crippen molar-refractivity contribution in [1.29, 1.82) is 0 Å². The first-order valence-corrected chi connectivity index (χ1v) is 5.36. The van der Waals surface area contributed by atoms with Gasteiger partial charge in [-0.3, -0.25) is 0 Å². The Balaban J connectivity index is 1.94. The monoisotopic (exact) mass is 182 g/mol. The maximum absolute atomic E-state index is 5.54. The Kier molecular flexibility index (Phi) is 2.41. The second-order valence-electron chi connectivity index (χ2n) is 4.66. The Bertz CT molecular complexity index is 204. The fraction of sp³-hybridized carbons (Fsp3) is 0.909. The van der Waals surface area contributed by atoms with Crippen LogP contribution in [0.5, 0.6) is 0 Å². The summed E-state index contributed by atoms with van der Waals surface area (Å²) in [7, 11) is 2.10. The number of hydrogen-bond donors (Lipinski definition) is 0. The minimum Gasteiger partial charge on any atom is -0.381 e. The lowest BCUT2D eigenvalue weighted by molar-refractivity contribution is -0.511. The van der Waals surface area contributed by atoms with E-state index in [2.05, 4.69) is 18.3 Å². The summed E-state index contributed by atoms with van der Waals surface area (Å²) in [6, 6.07) is 0.731. The van der Waals surface area contributed by atoms with E-state index >= 15 is 0 Å². The van der Waals surface area contributed by atoms with E-state index in [-0.39, 0.29) is 0 Å². The van der Waals surface area contributed by atoms with Crippen molar-refractivity contribution in [3.05, 3.63) is 0 Å². The van der Waals surface area contributed by atoms with Crippen molar-refractivity contribution in [3.63, 3.8) is 0 Å². The minimum absolute atomic E-state index is 0.580. The summed E-state index contributed by atoms with van der Waals surface area (Å²) in [5, 5.41) is 0. The van der Waals surface area contributed by atoms with Crippen molar-refractivity contribution in [1.82, 2.24) is 0 Å². The highest BCUT2D eigenvalue weighted by Crippen LogP contribution is 2.54. The van der Waals surface area contributed by atoms with Gasteiger partial charge in [-0.2, -0.15) is 0 Å². The van der Waals surface area contributed by atoms with Gasteiger partial charge < -0.3 is 4.74 Å². The van der Waals surface area contributed by atoms with Gasteiger partial charge in [-0.25, -0.2) is 4.58 Å². The van der Waals surface area contributed by atoms with Crippen LogP contribution in [-0.4, -0.2) is 37.6 Å². The van der Waals surface area contributed by atoms with Crippen molar-refractivity contribution in [2.75, 3.05) is 20.3 Å². The second-order valence-corrected chi connectivity index (χ2v) is 4.66. The molecule has 1 aliphatic heterocycles. The highest BCUT2D eigenvalue weighted by molar-refractivity contribution is 5.17. The van der Waals surface area contributed by atoms with Gasteiger partial charge in [-0.1, -0.05) is 6.42 Å². The van der Waals surface area contributed by atoms with E-state index in [1.807, 2.05) is 0 Å². The predicted octanol–water partition coefficient (Wildman–Crippen LogP) is 1.68. The van der Waals surface area contributed by atoms with E-state index in [0.717, 1.165) is 19.3 Å². The van der Waals surface area contributed by atoms with Gasteiger partial charge in [0, 0.05) is 25.0 Å². The molecule has 2 rings (SSSR count). The summed E-state index contributed by atoms with van der Waals surface area (Å²) in [4.78, 5) is 0. The van der Waals surface area contributed by atoms with Crippen LogP contribution in [0.1, 0.15) is 32.1 Å². The fourth-order valence-corrected chi connectivity index (χ4v) is 2.67. The van der Waals surface area contributed by atoms with E-state index in [9.17, 15) is 0 Å². The van der Waals surface area contributed by atoms with Crippen molar-refractivity contribution in [2.24, 2.45) is 5.41 Å². The molecule has 74 valence electrons. The molecule has 2 atom stereocenters. The number of nitrogens with zero attached hydrogens (tertiary/aromatic N) is 1. The minimum atomic E-state index is 0.580. The zero-order valence-corrected chi connectivity index (χ0v) is 8.59. The first kappa shape index (κ1) is 9.20. The molecule has 0 aromatic carbocycles. The lowest BCUT2D eigenvalue weighted by atomic mass is 9.93. The van der Waals surface area contributed by atoms with Gasteiger partial charge >= 0.3 is 0 Å². The molecule has 2 aliphatic rings. The molecule has 13 heavy (non-hydrogen) atoms. The third-order valence-corrected chi connectivity index (χ3v) is 3.64. The topological polar surface area (TPSA) is 12.2 Å². The molecular formula is C11H20NO+. The number of hydrogen-bond acceptors (Lipinski definition) is 1. The van der Waals surface area contributed by atoms with Crippen LogP contribution >= 0.6 is 0 Å². The van der Waals surface area contributed by atoms with Crippen molar-refractivity contribution in [2.45, 2.75) is 38.1 Å². The predicted molar refractivity (Wildman–Crippen MR) is 53.4 cm³/mol. The van der Waals surface area contributed by atoms with Gasteiger partial charge in [0.2, 0.25) is 0 Å². The van der Waals surface area contributed by atoms with E-state index < -0.39 is 0 Å². The van der Waals surface area contributed by atoms with E-state index in [4.69, 9.17) is 4.74 Å². The third-order valence-electron chi connectivity index (χ3n) is 3.64. The molecule has 0 N–H and O–H groups in total. The molecule has 0 amide bonds. The Morgan fingerprint density at radius 2 is 2.15 bits per heavy atom. The first-order chi connectivity index (χ1) is 6.25. The van der Waals surface area contributed by atoms with Crippen LogP contribution in [0.25, 0.3) is 0 Å². The van der Waals surface area contributed by atoms with Gasteiger partial charge in [0.05, 0.1) is 0 Å². The van der Waals surface area contributed by atoms with Gasteiger partial charge in [-0.15, -0.1) is 0 Å². The summed E-state index contributed by atoms with van der Waals surface area (Å²) >= 11 is 0. The normalized spacial score (nSPS) is 39.6. The maximum Gasteiger partial charge on any atom is 0.158 e. The SMILES string of the molecule is C=[N+](C)C1CC12CCCCOCC2. The zero-order chi connectivity index (χ0) is 9.31. The van der Waals surface area contributed by atoms with Crippen molar-refractivity contribution in [3.8, 4) is 0 Å². The van der Waals surface area contributed by atoms with Crippen molar-refractivity contribution >= 4 is 6.72 Å².